The van der Waals surface area contributed by atoms with Crippen molar-refractivity contribution in [2.24, 2.45) is 5.92 Å². The number of nitrogens with zero attached hydrogens (tertiary/aromatic N) is 5. The molecule has 2 N–H and O–H groups in total. The number of halogens is 5. The zero-order valence-corrected chi connectivity index (χ0v) is 25.1. The maximum atomic E-state index is 16.8. The highest BCUT2D eigenvalue weighted by atomic mass is 19.4. The minimum absolute atomic E-state index is 0.0368. The van der Waals surface area contributed by atoms with Gasteiger partial charge < -0.3 is 15.0 Å². The Morgan fingerprint density at radius 2 is 1.82 bits per heavy atom. The molecule has 4 fully saturated rings. The molecule has 4 saturated heterocycles. The number of rotatable bonds is 5. The van der Waals surface area contributed by atoms with Crippen molar-refractivity contribution in [2.45, 2.75) is 69.8 Å². The smallest absolute Gasteiger partial charge is 0.417 e. The lowest BCUT2D eigenvalue weighted by molar-refractivity contribution is -0.137. The number of anilines is 1. The number of nitrogens with one attached hydrogen (secondary N) is 2. The van der Waals surface area contributed by atoms with E-state index in [9.17, 15) is 13.2 Å². The highest BCUT2D eigenvalue weighted by Gasteiger charge is 2.48. The van der Waals surface area contributed by atoms with Crippen LogP contribution in [-0.4, -0.2) is 75.5 Å². The lowest BCUT2D eigenvalue weighted by Gasteiger charge is -2.35. The molecule has 0 saturated carbocycles. The zero-order chi connectivity index (χ0) is 31.2. The first-order valence-corrected chi connectivity index (χ1v) is 15.6. The van der Waals surface area contributed by atoms with Gasteiger partial charge in [0, 0.05) is 48.1 Å². The molecule has 0 amide bonds. The van der Waals surface area contributed by atoms with Gasteiger partial charge in [-0.15, -0.1) is 0 Å². The topological polar surface area (TPSA) is 82.2 Å². The van der Waals surface area contributed by atoms with Gasteiger partial charge in [0.05, 0.1) is 28.4 Å². The number of alkyl halides is 3. The maximum absolute atomic E-state index is 16.8. The standard InChI is InChI=1S/C32H34F5N7O/c1-16-10-31(6-3-7-44(31)12-16)15-45-30-40-28-20(29(41-30)43-13-18-4-5-19(14-43)39-18)9-22(33)25(27(28)34)24-21-11-38-42-23(21)8-17(2)26(24)32(35,36)37/h8-9,11,16,18-19,39H,3-7,10,12-15H2,1-2H3,(H,38,42)/t16-,18?,19?,31+/m1/s1. The van der Waals surface area contributed by atoms with E-state index in [1.807, 2.05) is 4.90 Å². The predicted molar refractivity (Wildman–Crippen MR) is 159 cm³/mol. The van der Waals surface area contributed by atoms with E-state index in [0.29, 0.717) is 31.4 Å². The molecule has 4 atom stereocenters. The quantitative estimate of drug-likeness (QED) is 0.264. The van der Waals surface area contributed by atoms with Gasteiger partial charge in [-0.25, -0.2) is 8.78 Å². The Labute approximate surface area is 256 Å². The second-order valence-corrected chi connectivity index (χ2v) is 13.5. The van der Waals surface area contributed by atoms with Crippen LogP contribution in [-0.2, 0) is 6.18 Å². The summed E-state index contributed by atoms with van der Waals surface area (Å²) in [5.74, 6) is -1.48. The van der Waals surface area contributed by atoms with Crippen molar-refractivity contribution in [1.29, 1.82) is 0 Å². The number of aromatic amines is 1. The first-order chi connectivity index (χ1) is 21.5. The lowest BCUT2D eigenvalue weighted by Crippen LogP contribution is -2.51. The average molecular weight is 628 g/mol. The fourth-order valence-electron chi connectivity index (χ4n) is 8.54. The summed E-state index contributed by atoms with van der Waals surface area (Å²) >= 11 is 0. The molecule has 0 radical (unpaired) electrons. The largest absolute Gasteiger partial charge is 0.461 e. The van der Waals surface area contributed by atoms with Crippen molar-refractivity contribution < 1.29 is 26.7 Å². The normalized spacial score (nSPS) is 26.8. The van der Waals surface area contributed by atoms with Gasteiger partial charge in [-0.1, -0.05) is 6.92 Å². The molecule has 8 rings (SSSR count). The van der Waals surface area contributed by atoms with Crippen LogP contribution < -0.4 is 15.0 Å². The van der Waals surface area contributed by atoms with Crippen molar-refractivity contribution in [3.05, 3.63) is 41.1 Å². The molecule has 4 aromatic rings. The number of piperazine rings is 1. The third-order valence-corrected chi connectivity index (χ3v) is 10.3. The van der Waals surface area contributed by atoms with Crippen LogP contribution in [0.15, 0.2) is 18.3 Å². The van der Waals surface area contributed by atoms with Crippen LogP contribution in [0.2, 0.25) is 0 Å². The van der Waals surface area contributed by atoms with Crippen LogP contribution >= 0.6 is 0 Å². The third kappa shape index (κ3) is 4.64. The molecule has 45 heavy (non-hydrogen) atoms. The van der Waals surface area contributed by atoms with E-state index in [-0.39, 0.29) is 51.0 Å². The number of ether oxygens (including phenoxy) is 1. The fraction of sp³-hybridized carbons (Fsp3) is 0.531. The van der Waals surface area contributed by atoms with Gasteiger partial charge in [0.25, 0.3) is 0 Å². The molecular weight excluding hydrogens is 593 g/mol. The minimum Gasteiger partial charge on any atom is -0.461 e. The summed E-state index contributed by atoms with van der Waals surface area (Å²) in [5.41, 5.74) is -2.89. The van der Waals surface area contributed by atoms with E-state index in [4.69, 9.17) is 9.72 Å². The molecule has 0 spiro atoms. The molecule has 0 aliphatic carbocycles. The van der Waals surface area contributed by atoms with Crippen LogP contribution in [0.5, 0.6) is 6.01 Å². The molecule has 6 heterocycles. The fourth-order valence-corrected chi connectivity index (χ4v) is 8.54. The van der Waals surface area contributed by atoms with Gasteiger partial charge in [0.2, 0.25) is 0 Å². The molecule has 4 aliphatic heterocycles. The molecule has 2 aromatic carbocycles. The van der Waals surface area contributed by atoms with E-state index in [1.165, 1.54) is 13.0 Å². The Morgan fingerprint density at radius 3 is 2.58 bits per heavy atom. The molecule has 4 aliphatic rings. The second kappa shape index (κ2) is 10.2. The lowest BCUT2D eigenvalue weighted by atomic mass is 9.91. The van der Waals surface area contributed by atoms with Crippen molar-refractivity contribution in [3.8, 4) is 17.1 Å². The van der Waals surface area contributed by atoms with Crippen LogP contribution in [0.25, 0.3) is 32.9 Å². The number of fused-ring (bicyclic) bond motifs is 5. The zero-order valence-electron chi connectivity index (χ0n) is 25.1. The summed E-state index contributed by atoms with van der Waals surface area (Å²) in [6, 6.07) is 2.70. The number of benzene rings is 2. The SMILES string of the molecule is Cc1cc2[nH]ncc2c(-c2c(F)cc3c(N4CC5CCC(C4)N5)nc(OC[C@@]45CCCN4C[C@H](C)C5)nc3c2F)c1C(F)(F)F. The summed E-state index contributed by atoms with van der Waals surface area (Å²) in [7, 11) is 0. The minimum atomic E-state index is -4.88. The van der Waals surface area contributed by atoms with E-state index >= 15 is 8.78 Å². The Morgan fingerprint density at radius 1 is 1.04 bits per heavy atom. The van der Waals surface area contributed by atoms with Crippen molar-refractivity contribution in [3.63, 3.8) is 0 Å². The van der Waals surface area contributed by atoms with Gasteiger partial charge in [0.1, 0.15) is 23.8 Å². The number of aromatic nitrogens is 4. The summed E-state index contributed by atoms with van der Waals surface area (Å²) < 4.78 is 82.8. The molecule has 238 valence electrons. The van der Waals surface area contributed by atoms with Gasteiger partial charge in [-0.3, -0.25) is 10.00 Å². The summed E-state index contributed by atoms with van der Waals surface area (Å²) in [6.45, 7) is 6.92. The molecule has 2 aromatic heterocycles. The monoisotopic (exact) mass is 627 g/mol. The van der Waals surface area contributed by atoms with E-state index in [2.05, 4.69) is 32.3 Å². The van der Waals surface area contributed by atoms with E-state index < -0.39 is 34.5 Å². The third-order valence-electron chi connectivity index (χ3n) is 10.3. The van der Waals surface area contributed by atoms with Crippen LogP contribution in [0.3, 0.4) is 0 Å². The Balaban J connectivity index is 1.31. The van der Waals surface area contributed by atoms with Crippen molar-refractivity contribution in [1.82, 2.24) is 30.4 Å². The summed E-state index contributed by atoms with van der Waals surface area (Å²) in [6.07, 6.45) is 1.23. The first-order valence-electron chi connectivity index (χ1n) is 15.6. The van der Waals surface area contributed by atoms with Crippen molar-refractivity contribution in [2.75, 3.05) is 37.7 Å². The Bertz CT molecular complexity index is 1810. The molecule has 2 unspecified atom stereocenters. The van der Waals surface area contributed by atoms with Crippen molar-refractivity contribution >= 4 is 27.6 Å². The number of hydrogen-bond acceptors (Lipinski definition) is 7. The number of aryl methyl sites for hydroxylation is 1. The predicted octanol–water partition coefficient (Wildman–Crippen LogP) is 5.97. The second-order valence-electron chi connectivity index (χ2n) is 13.5. The highest BCUT2D eigenvalue weighted by Crippen LogP contribution is 2.47. The van der Waals surface area contributed by atoms with Crippen LogP contribution in [0.1, 0.15) is 50.2 Å². The molecule has 8 nitrogen and oxygen atoms in total. The molecular formula is C32H34F5N7O. The van der Waals surface area contributed by atoms with Crippen LogP contribution in [0.4, 0.5) is 27.8 Å². The first kappa shape index (κ1) is 28.9. The van der Waals surface area contributed by atoms with Gasteiger partial charge >= 0.3 is 12.2 Å². The van der Waals surface area contributed by atoms with E-state index in [0.717, 1.165) is 57.5 Å². The van der Waals surface area contributed by atoms with Gasteiger partial charge in [-0.05, 0) is 69.2 Å². The highest BCUT2D eigenvalue weighted by molar-refractivity contribution is 6.01. The number of H-pyrrole nitrogens is 1. The Kier molecular flexibility index (Phi) is 6.55. The number of hydrogen-bond donors (Lipinski definition) is 2. The summed E-state index contributed by atoms with van der Waals surface area (Å²) in [4.78, 5) is 13.6. The van der Waals surface area contributed by atoms with Gasteiger partial charge in [-0.2, -0.15) is 28.2 Å². The van der Waals surface area contributed by atoms with Crippen LogP contribution in [0, 0.1) is 24.5 Å². The van der Waals surface area contributed by atoms with Gasteiger partial charge in [0.15, 0.2) is 5.82 Å². The van der Waals surface area contributed by atoms with E-state index in [1.54, 1.807) is 0 Å². The Hall–Kier alpha value is -3.58. The maximum Gasteiger partial charge on any atom is 0.417 e. The molecule has 13 heteroatoms. The molecule has 2 bridgehead atoms. The average Bonchev–Trinajstić information content (AvgIpc) is 3.74. The summed E-state index contributed by atoms with van der Waals surface area (Å²) in [5, 5.41) is 10.1.